The third-order valence-corrected chi connectivity index (χ3v) is 3.55. The normalized spacial score (nSPS) is 10.0. The van der Waals surface area contributed by atoms with Crippen LogP contribution in [0.1, 0.15) is 10.4 Å². The van der Waals surface area contributed by atoms with Crippen molar-refractivity contribution in [3.63, 3.8) is 0 Å². The van der Waals surface area contributed by atoms with Crippen molar-refractivity contribution in [2.45, 2.75) is 0 Å². The molecule has 0 saturated heterocycles. The highest BCUT2D eigenvalue weighted by molar-refractivity contribution is 14.1. The summed E-state index contributed by atoms with van der Waals surface area (Å²) in [6.45, 7) is -0.0389. The molecule has 21 heavy (non-hydrogen) atoms. The molecule has 0 N–H and O–H groups in total. The zero-order valence-corrected chi connectivity index (χ0v) is 13.9. The van der Waals surface area contributed by atoms with Gasteiger partial charge in [0.2, 0.25) is 5.78 Å². The van der Waals surface area contributed by atoms with E-state index < -0.39 is 0 Å². The molecular formula is C16H15IO4. The van der Waals surface area contributed by atoms with Crippen LogP contribution in [0, 0.1) is 3.57 Å². The van der Waals surface area contributed by atoms with Gasteiger partial charge in [0.1, 0.15) is 17.2 Å². The molecule has 0 aliphatic rings. The number of hydrogen-bond acceptors (Lipinski definition) is 4. The monoisotopic (exact) mass is 398 g/mol. The van der Waals surface area contributed by atoms with Gasteiger partial charge in [-0.1, -0.05) is 6.07 Å². The SMILES string of the molecule is COc1ccc(C(=O)COc2cccc(I)c2)c(OC)c1. The average molecular weight is 398 g/mol. The average Bonchev–Trinajstić information content (AvgIpc) is 2.52. The lowest BCUT2D eigenvalue weighted by Crippen LogP contribution is -2.13. The van der Waals surface area contributed by atoms with Crippen molar-refractivity contribution in [3.8, 4) is 17.2 Å². The lowest BCUT2D eigenvalue weighted by atomic mass is 10.1. The minimum Gasteiger partial charge on any atom is -0.497 e. The van der Waals surface area contributed by atoms with E-state index in [0.29, 0.717) is 22.8 Å². The van der Waals surface area contributed by atoms with Crippen LogP contribution in [-0.2, 0) is 0 Å². The maximum atomic E-state index is 12.2. The lowest BCUT2D eigenvalue weighted by Gasteiger charge is -2.10. The number of carbonyl (C=O) groups is 1. The van der Waals surface area contributed by atoms with Crippen LogP contribution in [0.15, 0.2) is 42.5 Å². The summed E-state index contributed by atoms with van der Waals surface area (Å²) in [7, 11) is 3.09. The maximum Gasteiger partial charge on any atom is 0.203 e. The molecule has 0 bridgehead atoms. The summed E-state index contributed by atoms with van der Waals surface area (Å²) in [5.74, 6) is 1.64. The summed E-state index contributed by atoms with van der Waals surface area (Å²) in [5, 5.41) is 0. The van der Waals surface area contributed by atoms with Crippen LogP contribution in [0.4, 0.5) is 0 Å². The van der Waals surface area contributed by atoms with Gasteiger partial charge in [0.25, 0.3) is 0 Å². The van der Waals surface area contributed by atoms with Crippen molar-refractivity contribution in [2.75, 3.05) is 20.8 Å². The van der Waals surface area contributed by atoms with Gasteiger partial charge in [0.05, 0.1) is 19.8 Å². The topological polar surface area (TPSA) is 44.8 Å². The van der Waals surface area contributed by atoms with Gasteiger partial charge < -0.3 is 14.2 Å². The molecule has 0 unspecified atom stereocenters. The van der Waals surface area contributed by atoms with Gasteiger partial charge in [-0.05, 0) is 52.9 Å². The van der Waals surface area contributed by atoms with Gasteiger partial charge in [0.15, 0.2) is 6.61 Å². The van der Waals surface area contributed by atoms with Gasteiger partial charge in [-0.25, -0.2) is 0 Å². The molecule has 0 radical (unpaired) electrons. The molecule has 110 valence electrons. The zero-order valence-electron chi connectivity index (χ0n) is 11.8. The van der Waals surface area contributed by atoms with E-state index in [0.717, 1.165) is 3.57 Å². The van der Waals surface area contributed by atoms with Crippen LogP contribution in [0.25, 0.3) is 0 Å². The molecule has 0 fully saturated rings. The number of ketones is 1. The number of rotatable bonds is 6. The van der Waals surface area contributed by atoms with E-state index in [2.05, 4.69) is 22.6 Å². The van der Waals surface area contributed by atoms with Gasteiger partial charge >= 0.3 is 0 Å². The number of benzene rings is 2. The van der Waals surface area contributed by atoms with Crippen molar-refractivity contribution in [1.29, 1.82) is 0 Å². The van der Waals surface area contributed by atoms with E-state index in [1.54, 1.807) is 25.3 Å². The second kappa shape index (κ2) is 7.31. The molecule has 2 aromatic rings. The first-order chi connectivity index (χ1) is 10.1. The van der Waals surface area contributed by atoms with E-state index in [1.807, 2.05) is 24.3 Å². The Hall–Kier alpha value is -1.76. The Kier molecular flexibility index (Phi) is 5.44. The van der Waals surface area contributed by atoms with Crippen LogP contribution in [-0.4, -0.2) is 26.6 Å². The van der Waals surface area contributed by atoms with E-state index >= 15 is 0 Å². The van der Waals surface area contributed by atoms with Crippen LogP contribution >= 0.6 is 22.6 Å². The highest BCUT2D eigenvalue weighted by Gasteiger charge is 2.14. The summed E-state index contributed by atoms with van der Waals surface area (Å²) in [4.78, 5) is 12.2. The Bertz CT molecular complexity index is 640. The molecule has 2 aromatic carbocycles. The largest absolute Gasteiger partial charge is 0.497 e. The second-order valence-electron chi connectivity index (χ2n) is 4.24. The Morgan fingerprint density at radius 1 is 1.05 bits per heavy atom. The highest BCUT2D eigenvalue weighted by atomic mass is 127. The van der Waals surface area contributed by atoms with Gasteiger partial charge in [-0.15, -0.1) is 0 Å². The van der Waals surface area contributed by atoms with Gasteiger partial charge in [-0.3, -0.25) is 4.79 Å². The first-order valence-electron chi connectivity index (χ1n) is 6.27. The first kappa shape index (κ1) is 15.6. The quantitative estimate of drug-likeness (QED) is 0.552. The third-order valence-electron chi connectivity index (χ3n) is 2.88. The fraction of sp³-hybridized carbons (Fsp3) is 0.188. The summed E-state index contributed by atoms with van der Waals surface area (Å²) in [6, 6.07) is 12.6. The Morgan fingerprint density at radius 2 is 1.86 bits per heavy atom. The van der Waals surface area contributed by atoms with E-state index in [-0.39, 0.29) is 12.4 Å². The Balaban J connectivity index is 2.10. The van der Waals surface area contributed by atoms with Crippen LogP contribution in [0.3, 0.4) is 0 Å². The fourth-order valence-corrected chi connectivity index (χ4v) is 2.33. The first-order valence-corrected chi connectivity index (χ1v) is 7.35. The molecule has 0 amide bonds. The van der Waals surface area contributed by atoms with Crippen molar-refractivity contribution in [2.24, 2.45) is 0 Å². The molecule has 0 aliphatic heterocycles. The molecule has 0 spiro atoms. The van der Waals surface area contributed by atoms with Crippen molar-refractivity contribution in [1.82, 2.24) is 0 Å². The highest BCUT2D eigenvalue weighted by Crippen LogP contribution is 2.25. The zero-order chi connectivity index (χ0) is 15.2. The minimum absolute atomic E-state index is 0.0389. The molecule has 2 rings (SSSR count). The molecule has 0 aliphatic carbocycles. The van der Waals surface area contributed by atoms with Crippen molar-refractivity contribution >= 4 is 28.4 Å². The minimum atomic E-state index is -0.145. The number of halogens is 1. The molecule has 0 heterocycles. The van der Waals surface area contributed by atoms with Crippen LogP contribution in [0.5, 0.6) is 17.2 Å². The van der Waals surface area contributed by atoms with Gasteiger partial charge in [-0.2, -0.15) is 0 Å². The summed E-state index contributed by atoms with van der Waals surface area (Å²) >= 11 is 2.19. The van der Waals surface area contributed by atoms with Crippen LogP contribution < -0.4 is 14.2 Å². The van der Waals surface area contributed by atoms with E-state index in [1.165, 1.54) is 7.11 Å². The third kappa shape index (κ3) is 4.10. The summed E-state index contributed by atoms with van der Waals surface area (Å²) < 4.78 is 16.9. The molecule has 0 atom stereocenters. The number of methoxy groups -OCH3 is 2. The van der Waals surface area contributed by atoms with E-state index in [4.69, 9.17) is 14.2 Å². The summed E-state index contributed by atoms with van der Waals surface area (Å²) in [6.07, 6.45) is 0. The predicted molar refractivity (Wildman–Crippen MR) is 88.5 cm³/mol. The Labute approximate surface area is 137 Å². The standard InChI is InChI=1S/C16H15IO4/c1-19-12-6-7-14(16(9-12)20-2)15(18)10-21-13-5-3-4-11(17)8-13/h3-9H,10H2,1-2H3. The fourth-order valence-electron chi connectivity index (χ4n) is 1.81. The number of Topliss-reactive ketones (excluding diaryl/α,β-unsaturated/α-hetero) is 1. The molecule has 0 aromatic heterocycles. The smallest absolute Gasteiger partial charge is 0.203 e. The van der Waals surface area contributed by atoms with E-state index in [9.17, 15) is 4.79 Å². The number of ether oxygens (including phenoxy) is 3. The van der Waals surface area contributed by atoms with Crippen LogP contribution in [0.2, 0.25) is 0 Å². The maximum absolute atomic E-state index is 12.2. The van der Waals surface area contributed by atoms with Crippen molar-refractivity contribution < 1.29 is 19.0 Å². The molecule has 0 saturated carbocycles. The number of carbonyl (C=O) groups excluding carboxylic acids is 1. The number of hydrogen-bond donors (Lipinski definition) is 0. The summed E-state index contributed by atoms with van der Waals surface area (Å²) in [5.41, 5.74) is 0.476. The molecular weight excluding hydrogens is 383 g/mol. The second-order valence-corrected chi connectivity index (χ2v) is 5.48. The predicted octanol–water partition coefficient (Wildman–Crippen LogP) is 3.57. The van der Waals surface area contributed by atoms with Gasteiger partial charge in [0, 0.05) is 9.64 Å². The lowest BCUT2D eigenvalue weighted by molar-refractivity contribution is 0.0918. The van der Waals surface area contributed by atoms with Crippen molar-refractivity contribution in [3.05, 3.63) is 51.6 Å². The molecule has 5 heteroatoms. The Morgan fingerprint density at radius 3 is 2.52 bits per heavy atom. The molecule has 4 nitrogen and oxygen atoms in total.